The van der Waals surface area contributed by atoms with Crippen molar-refractivity contribution in [3.05, 3.63) is 137 Å². The molecule has 238 valence electrons. The van der Waals surface area contributed by atoms with E-state index < -0.39 is 0 Å². The molecule has 3 aromatic carbocycles. The number of amides is 2. The molecule has 47 heavy (non-hydrogen) atoms. The fourth-order valence-electron chi connectivity index (χ4n) is 5.13. The van der Waals surface area contributed by atoms with Crippen LogP contribution < -0.4 is 4.74 Å². The average Bonchev–Trinajstić information content (AvgIpc) is 3.83. The van der Waals surface area contributed by atoms with Crippen molar-refractivity contribution >= 4 is 47.2 Å². The molecule has 0 aliphatic carbocycles. The highest BCUT2D eigenvalue weighted by molar-refractivity contribution is 8.15. The number of unbranched alkanes of at least 4 members (excludes halogenated alkanes) is 2. The average molecular weight is 646 g/mol. The molecule has 8 nitrogen and oxygen atoms in total. The Morgan fingerprint density at radius 2 is 1.34 bits per heavy atom. The van der Waals surface area contributed by atoms with E-state index in [-0.39, 0.29) is 22.9 Å². The Kier molecular flexibility index (Phi) is 10.8. The lowest BCUT2D eigenvalue weighted by molar-refractivity contribution is -0.127. The van der Waals surface area contributed by atoms with Crippen molar-refractivity contribution in [2.24, 2.45) is 0 Å². The molecular formula is C38H35N3O5S. The molecule has 1 atom stereocenters. The van der Waals surface area contributed by atoms with Gasteiger partial charge in [-0.1, -0.05) is 97.4 Å². The van der Waals surface area contributed by atoms with Gasteiger partial charge in [-0.15, -0.1) is 0 Å². The lowest BCUT2D eigenvalue weighted by atomic mass is 10.0. The van der Waals surface area contributed by atoms with Gasteiger partial charge in [-0.3, -0.25) is 14.5 Å². The standard InChI is InChI=1S/C38H35N3O5S/c42-37-34(47-38(43)41(37)24-31-25-45-35(39-31)22-18-28-10-4-1-5-11-28)15-9-3-8-14-30-16-20-33(21-17-30)44-26-32-27-46-36(40-32)23-19-29-12-6-2-7-13-29/h1-2,4-7,10-13,16-23,25,27,34H,3,8-9,14-15,24,26H2. The van der Waals surface area contributed by atoms with E-state index in [9.17, 15) is 9.59 Å². The SMILES string of the molecule is O=C1SC(CCCCCc2ccc(OCc3coc(C=Cc4ccccc4)n3)cc2)C(=O)N1Cc1coc(C=Cc2ccccc2)n1. The molecule has 2 amide bonds. The van der Waals surface area contributed by atoms with Gasteiger partial charge < -0.3 is 13.6 Å². The molecule has 0 saturated carbocycles. The number of aryl methyl sites for hydroxylation is 1. The highest BCUT2D eigenvalue weighted by atomic mass is 32.2. The first kappa shape index (κ1) is 31.8. The Labute approximate surface area is 278 Å². The van der Waals surface area contributed by atoms with E-state index in [2.05, 4.69) is 22.1 Å². The number of benzene rings is 3. The van der Waals surface area contributed by atoms with E-state index in [4.69, 9.17) is 13.6 Å². The summed E-state index contributed by atoms with van der Waals surface area (Å²) in [7, 11) is 0. The number of oxazole rings is 2. The van der Waals surface area contributed by atoms with Gasteiger partial charge in [0, 0.05) is 12.2 Å². The Bertz CT molecular complexity index is 1810. The maximum Gasteiger partial charge on any atom is 0.289 e. The maximum absolute atomic E-state index is 13.0. The first-order chi connectivity index (χ1) is 23.1. The molecule has 0 spiro atoms. The van der Waals surface area contributed by atoms with Gasteiger partial charge in [0.2, 0.25) is 17.7 Å². The van der Waals surface area contributed by atoms with Crippen molar-refractivity contribution in [1.82, 2.24) is 14.9 Å². The van der Waals surface area contributed by atoms with Crippen molar-refractivity contribution in [1.29, 1.82) is 0 Å². The number of rotatable bonds is 15. The molecule has 0 radical (unpaired) electrons. The van der Waals surface area contributed by atoms with E-state index in [1.807, 2.05) is 91.0 Å². The highest BCUT2D eigenvalue weighted by Crippen LogP contribution is 2.32. The topological polar surface area (TPSA) is 98.7 Å². The molecule has 0 bridgehead atoms. The van der Waals surface area contributed by atoms with E-state index >= 15 is 0 Å². The minimum Gasteiger partial charge on any atom is -0.487 e. The first-order valence-corrected chi connectivity index (χ1v) is 16.6. The number of hydrogen-bond acceptors (Lipinski definition) is 8. The van der Waals surface area contributed by atoms with Crippen LogP contribution in [0.4, 0.5) is 4.79 Å². The number of carbonyl (C=O) groups excluding carboxylic acids is 2. The van der Waals surface area contributed by atoms with Gasteiger partial charge in [0.1, 0.15) is 30.6 Å². The third-order valence-corrected chi connectivity index (χ3v) is 8.79. The number of imide groups is 1. The number of aromatic nitrogens is 2. The summed E-state index contributed by atoms with van der Waals surface area (Å²) in [6.45, 7) is 0.445. The van der Waals surface area contributed by atoms with Gasteiger partial charge in [0.15, 0.2) is 0 Å². The summed E-state index contributed by atoms with van der Waals surface area (Å²) in [5.74, 6) is 1.60. The third kappa shape index (κ3) is 9.20. The molecule has 1 fully saturated rings. The lowest BCUT2D eigenvalue weighted by Crippen LogP contribution is -2.31. The van der Waals surface area contributed by atoms with Crippen LogP contribution in [-0.2, 0) is 24.4 Å². The fraction of sp³-hybridized carbons (Fsp3) is 0.211. The summed E-state index contributed by atoms with van der Waals surface area (Å²) < 4.78 is 16.9. The molecule has 6 rings (SSSR count). The second-order valence-electron chi connectivity index (χ2n) is 11.2. The Morgan fingerprint density at radius 3 is 2.00 bits per heavy atom. The number of hydrogen-bond donors (Lipinski definition) is 0. The summed E-state index contributed by atoms with van der Waals surface area (Å²) in [5, 5.41) is -0.570. The molecule has 5 aromatic rings. The van der Waals surface area contributed by atoms with Crippen LogP contribution in [-0.4, -0.2) is 31.3 Å². The fourth-order valence-corrected chi connectivity index (χ4v) is 6.17. The van der Waals surface area contributed by atoms with Crippen LogP contribution in [0.1, 0.15) is 65.5 Å². The predicted octanol–water partition coefficient (Wildman–Crippen LogP) is 8.95. The predicted molar refractivity (Wildman–Crippen MR) is 184 cm³/mol. The largest absolute Gasteiger partial charge is 0.487 e. The molecule has 2 aromatic heterocycles. The summed E-state index contributed by atoms with van der Waals surface area (Å²) in [6.07, 6.45) is 15.1. The number of thioether (sulfide) groups is 1. The molecule has 1 aliphatic rings. The molecule has 9 heteroatoms. The van der Waals surface area contributed by atoms with Gasteiger partial charge in [-0.2, -0.15) is 0 Å². The van der Waals surface area contributed by atoms with E-state index in [1.54, 1.807) is 12.3 Å². The number of ether oxygens (including phenoxy) is 1. The van der Waals surface area contributed by atoms with Gasteiger partial charge >= 0.3 is 0 Å². The molecule has 1 unspecified atom stereocenters. The maximum atomic E-state index is 13.0. The van der Waals surface area contributed by atoms with Crippen LogP contribution in [0.3, 0.4) is 0 Å². The summed E-state index contributed by atoms with van der Waals surface area (Å²) >= 11 is 1.11. The van der Waals surface area contributed by atoms with Crippen molar-refractivity contribution < 1.29 is 23.2 Å². The van der Waals surface area contributed by atoms with Crippen LogP contribution in [0.25, 0.3) is 24.3 Å². The van der Waals surface area contributed by atoms with Crippen molar-refractivity contribution in [2.75, 3.05) is 0 Å². The number of nitrogens with zero attached hydrogens (tertiary/aromatic N) is 3. The zero-order valence-electron chi connectivity index (χ0n) is 25.9. The first-order valence-electron chi connectivity index (χ1n) is 15.7. The van der Waals surface area contributed by atoms with Crippen molar-refractivity contribution in [3.8, 4) is 5.75 Å². The summed E-state index contributed by atoms with van der Waals surface area (Å²) in [5.41, 5.74) is 4.62. The van der Waals surface area contributed by atoms with Crippen LogP contribution in [0.15, 0.2) is 106 Å². The minimum atomic E-state index is -0.344. The zero-order chi connectivity index (χ0) is 32.3. The van der Waals surface area contributed by atoms with Gasteiger partial charge in [-0.05, 0) is 60.2 Å². The van der Waals surface area contributed by atoms with Crippen LogP contribution in [0.5, 0.6) is 5.75 Å². The lowest BCUT2D eigenvalue weighted by Gasteiger charge is -2.12. The highest BCUT2D eigenvalue weighted by Gasteiger charge is 2.39. The Balaban J connectivity index is 0.876. The molecular weight excluding hydrogens is 611 g/mol. The Hall–Kier alpha value is -5.15. The third-order valence-electron chi connectivity index (χ3n) is 7.64. The molecule has 1 aliphatic heterocycles. The quantitative estimate of drug-likeness (QED) is 0.104. The molecule has 1 saturated heterocycles. The molecule has 0 N–H and O–H groups in total. The zero-order valence-corrected chi connectivity index (χ0v) is 26.7. The van der Waals surface area contributed by atoms with Crippen LogP contribution in [0, 0.1) is 0 Å². The van der Waals surface area contributed by atoms with Gasteiger partial charge in [0.05, 0.1) is 17.5 Å². The van der Waals surface area contributed by atoms with Gasteiger partial charge in [0.25, 0.3) is 5.24 Å². The van der Waals surface area contributed by atoms with E-state index in [1.165, 1.54) is 16.7 Å². The number of carbonyl (C=O) groups is 2. The Morgan fingerprint density at radius 1 is 0.723 bits per heavy atom. The smallest absolute Gasteiger partial charge is 0.289 e. The van der Waals surface area contributed by atoms with Crippen LogP contribution >= 0.6 is 11.8 Å². The monoisotopic (exact) mass is 645 g/mol. The summed E-state index contributed by atoms with van der Waals surface area (Å²) in [6, 6.07) is 27.9. The second kappa shape index (κ2) is 15.9. The molecule has 3 heterocycles. The van der Waals surface area contributed by atoms with E-state index in [0.29, 0.717) is 30.5 Å². The summed E-state index contributed by atoms with van der Waals surface area (Å²) in [4.78, 5) is 35.7. The van der Waals surface area contributed by atoms with Crippen molar-refractivity contribution in [2.45, 2.75) is 50.5 Å². The van der Waals surface area contributed by atoms with Gasteiger partial charge in [-0.25, -0.2) is 9.97 Å². The normalized spacial score (nSPS) is 15.0. The van der Waals surface area contributed by atoms with E-state index in [0.717, 1.165) is 60.0 Å². The minimum absolute atomic E-state index is 0.120. The van der Waals surface area contributed by atoms with Crippen LogP contribution in [0.2, 0.25) is 0 Å². The van der Waals surface area contributed by atoms with Crippen molar-refractivity contribution in [3.63, 3.8) is 0 Å². The second-order valence-corrected chi connectivity index (χ2v) is 12.3.